The van der Waals surface area contributed by atoms with E-state index in [4.69, 9.17) is 0 Å². The number of aliphatic imine (C=N–C) groups is 2. The molecule has 0 bridgehead atoms. The van der Waals surface area contributed by atoms with E-state index in [1.165, 1.54) is 0 Å². The van der Waals surface area contributed by atoms with Crippen LogP contribution in [0.1, 0.15) is 11.1 Å². The van der Waals surface area contributed by atoms with E-state index in [2.05, 4.69) is 57.1 Å². The highest BCUT2D eigenvalue weighted by Crippen LogP contribution is 2.35. The first kappa shape index (κ1) is 22.0. The third-order valence-electron chi connectivity index (χ3n) is 4.53. The van der Waals surface area contributed by atoms with Gasteiger partial charge in [0.1, 0.15) is 10.4 Å². The summed E-state index contributed by atoms with van der Waals surface area (Å²) in [7, 11) is 0. The van der Waals surface area contributed by atoms with Gasteiger partial charge in [-0.2, -0.15) is 0 Å². The zero-order valence-corrected chi connectivity index (χ0v) is 20.1. The summed E-state index contributed by atoms with van der Waals surface area (Å²) in [5, 5.41) is 3.09. The Kier molecular flexibility index (Phi) is 7.19. The molecule has 5 nitrogen and oxygen atoms in total. The summed E-state index contributed by atoms with van der Waals surface area (Å²) in [6.07, 6.45) is 3.44. The Morgan fingerprint density at radius 3 is 2.09 bits per heavy atom. The van der Waals surface area contributed by atoms with Crippen molar-refractivity contribution < 1.29 is 0 Å². The van der Waals surface area contributed by atoms with E-state index in [-0.39, 0.29) is 0 Å². The standard InChI is InChI=1S/C15H12BrN3.C10H7BrN2/c16-15(13-9-5-2-6-10-13)18-11-17-14(19-15)12-7-3-1-4-8-12;11-10-6-3-5-9(13-10)8-4-1-2-7-12-8/h1-11H,(H,17,18,19);1-7H. The van der Waals surface area contributed by atoms with Gasteiger partial charge in [0.05, 0.1) is 17.7 Å². The van der Waals surface area contributed by atoms with Gasteiger partial charge in [-0.3, -0.25) is 4.98 Å². The minimum absolute atomic E-state index is 0.745. The minimum atomic E-state index is -0.745. The van der Waals surface area contributed by atoms with Gasteiger partial charge in [0.25, 0.3) is 0 Å². The van der Waals surface area contributed by atoms with Crippen LogP contribution in [0.3, 0.4) is 0 Å². The average molecular weight is 549 g/mol. The predicted molar refractivity (Wildman–Crippen MR) is 137 cm³/mol. The molecule has 1 aliphatic rings. The lowest BCUT2D eigenvalue weighted by atomic mass is 10.1. The van der Waals surface area contributed by atoms with Crippen LogP contribution in [0.5, 0.6) is 0 Å². The molecule has 0 amide bonds. The molecule has 0 saturated carbocycles. The molecule has 158 valence electrons. The Morgan fingerprint density at radius 1 is 0.719 bits per heavy atom. The molecular formula is C25H19Br2N5. The number of aromatic nitrogens is 2. The van der Waals surface area contributed by atoms with Gasteiger partial charge in [0.2, 0.25) is 4.57 Å². The first-order valence-electron chi connectivity index (χ1n) is 9.88. The Morgan fingerprint density at radius 2 is 1.41 bits per heavy atom. The summed E-state index contributed by atoms with van der Waals surface area (Å²) in [4.78, 5) is 17.6. The molecule has 5 rings (SSSR count). The summed E-state index contributed by atoms with van der Waals surface area (Å²) in [5.41, 5.74) is 3.81. The van der Waals surface area contributed by atoms with Crippen LogP contribution in [-0.2, 0) is 4.57 Å². The lowest BCUT2D eigenvalue weighted by molar-refractivity contribution is 0.707. The summed E-state index contributed by atoms with van der Waals surface area (Å²) in [6.45, 7) is 0. The van der Waals surface area contributed by atoms with Gasteiger partial charge in [-0.1, -0.05) is 72.8 Å². The SMILES string of the molecule is BrC1(c2ccccc2)N=CNC(c2ccccc2)=N1.Brc1cccc(-c2ccccn2)n1. The minimum Gasteiger partial charge on any atom is -0.331 e. The highest BCUT2D eigenvalue weighted by atomic mass is 79.9. The number of hydrogen-bond donors (Lipinski definition) is 1. The average Bonchev–Trinajstić information content (AvgIpc) is 2.86. The Hall–Kier alpha value is -3.16. The highest BCUT2D eigenvalue weighted by Gasteiger charge is 2.29. The number of hydrogen-bond acceptors (Lipinski definition) is 5. The summed E-state index contributed by atoms with van der Waals surface area (Å²) >= 11 is 6.94. The fourth-order valence-electron chi connectivity index (χ4n) is 2.99. The van der Waals surface area contributed by atoms with Crippen LogP contribution in [0.2, 0.25) is 0 Å². The first-order chi connectivity index (χ1) is 15.6. The van der Waals surface area contributed by atoms with Gasteiger partial charge in [0.15, 0.2) is 0 Å². The molecule has 32 heavy (non-hydrogen) atoms. The number of benzene rings is 2. The Balaban J connectivity index is 0.000000165. The Bertz CT molecular complexity index is 1210. The summed E-state index contributed by atoms with van der Waals surface area (Å²) < 4.78 is 0.0840. The molecule has 3 heterocycles. The quantitative estimate of drug-likeness (QED) is 0.189. The molecule has 1 aliphatic heterocycles. The molecule has 1 atom stereocenters. The van der Waals surface area contributed by atoms with Crippen molar-refractivity contribution in [2.75, 3.05) is 0 Å². The summed E-state index contributed by atoms with van der Waals surface area (Å²) in [6, 6.07) is 31.5. The smallest absolute Gasteiger partial charge is 0.235 e. The third-order valence-corrected chi connectivity index (χ3v) is 5.81. The van der Waals surface area contributed by atoms with Crippen LogP contribution in [0, 0.1) is 0 Å². The van der Waals surface area contributed by atoms with Crippen LogP contribution in [0.25, 0.3) is 11.4 Å². The maximum atomic E-state index is 4.68. The van der Waals surface area contributed by atoms with Crippen molar-refractivity contribution in [3.63, 3.8) is 0 Å². The van der Waals surface area contributed by atoms with Crippen molar-refractivity contribution in [2.24, 2.45) is 9.98 Å². The van der Waals surface area contributed by atoms with E-state index in [0.29, 0.717) is 0 Å². The van der Waals surface area contributed by atoms with Gasteiger partial charge in [0, 0.05) is 17.3 Å². The van der Waals surface area contributed by atoms with Crippen molar-refractivity contribution in [1.82, 2.24) is 15.3 Å². The van der Waals surface area contributed by atoms with Gasteiger partial charge in [-0.05, 0) is 56.1 Å². The van der Waals surface area contributed by atoms with E-state index >= 15 is 0 Å². The predicted octanol–water partition coefficient (Wildman–Crippen LogP) is 6.18. The second-order valence-electron chi connectivity index (χ2n) is 6.74. The lowest BCUT2D eigenvalue weighted by Gasteiger charge is -2.24. The van der Waals surface area contributed by atoms with Crippen molar-refractivity contribution in [3.8, 4) is 11.4 Å². The monoisotopic (exact) mass is 547 g/mol. The van der Waals surface area contributed by atoms with Crippen molar-refractivity contribution in [3.05, 3.63) is 119 Å². The number of nitrogens with zero attached hydrogens (tertiary/aromatic N) is 4. The van der Waals surface area contributed by atoms with Gasteiger partial charge < -0.3 is 5.32 Å². The molecule has 4 aromatic rings. The third kappa shape index (κ3) is 5.55. The molecule has 1 unspecified atom stereocenters. The second-order valence-corrected chi connectivity index (χ2v) is 8.66. The molecule has 1 N–H and O–H groups in total. The van der Waals surface area contributed by atoms with Crippen molar-refractivity contribution >= 4 is 44.0 Å². The Labute approximate surface area is 203 Å². The first-order valence-corrected chi connectivity index (χ1v) is 11.5. The highest BCUT2D eigenvalue weighted by molar-refractivity contribution is 9.10. The molecule has 2 aromatic carbocycles. The molecule has 0 spiro atoms. The summed E-state index contributed by atoms with van der Waals surface area (Å²) in [5.74, 6) is 0.802. The largest absolute Gasteiger partial charge is 0.331 e. The number of rotatable bonds is 3. The van der Waals surface area contributed by atoms with Crippen LogP contribution >= 0.6 is 31.9 Å². The number of pyridine rings is 2. The number of alkyl halides is 1. The molecule has 0 aliphatic carbocycles. The van der Waals surface area contributed by atoms with Gasteiger partial charge in [-0.25, -0.2) is 15.0 Å². The lowest BCUT2D eigenvalue weighted by Crippen LogP contribution is -2.32. The van der Waals surface area contributed by atoms with Crippen LogP contribution in [-0.4, -0.2) is 22.1 Å². The maximum absolute atomic E-state index is 4.68. The number of amidine groups is 1. The molecule has 0 radical (unpaired) electrons. The zero-order chi connectivity index (χ0) is 22.2. The molecule has 7 heteroatoms. The van der Waals surface area contributed by atoms with E-state index in [9.17, 15) is 0 Å². The zero-order valence-electron chi connectivity index (χ0n) is 16.9. The van der Waals surface area contributed by atoms with E-state index < -0.39 is 4.57 Å². The van der Waals surface area contributed by atoms with Gasteiger partial charge >= 0.3 is 0 Å². The van der Waals surface area contributed by atoms with E-state index in [0.717, 1.165) is 33.0 Å². The molecular weight excluding hydrogens is 530 g/mol. The van der Waals surface area contributed by atoms with Crippen molar-refractivity contribution in [2.45, 2.75) is 4.57 Å². The van der Waals surface area contributed by atoms with Crippen LogP contribution in [0.4, 0.5) is 0 Å². The van der Waals surface area contributed by atoms with E-state index in [1.807, 2.05) is 97.1 Å². The number of nitrogens with one attached hydrogen (secondary N) is 1. The fourth-order valence-corrected chi connectivity index (χ4v) is 3.87. The normalized spacial score (nSPS) is 16.9. The van der Waals surface area contributed by atoms with Crippen molar-refractivity contribution in [1.29, 1.82) is 0 Å². The number of halogens is 2. The molecule has 2 aromatic heterocycles. The van der Waals surface area contributed by atoms with Crippen LogP contribution in [0.15, 0.2) is 118 Å². The molecule has 0 saturated heterocycles. The maximum Gasteiger partial charge on any atom is 0.235 e. The van der Waals surface area contributed by atoms with Crippen LogP contribution < -0.4 is 5.32 Å². The topological polar surface area (TPSA) is 62.5 Å². The van der Waals surface area contributed by atoms with Gasteiger partial charge in [-0.15, -0.1) is 0 Å². The second kappa shape index (κ2) is 10.4. The van der Waals surface area contributed by atoms with E-state index in [1.54, 1.807) is 12.5 Å². The fraction of sp³-hybridized carbons (Fsp3) is 0.0400. The molecule has 0 fully saturated rings.